The van der Waals surface area contributed by atoms with E-state index in [4.69, 9.17) is 4.42 Å². The van der Waals surface area contributed by atoms with Crippen molar-refractivity contribution >= 4 is 17.3 Å². The van der Waals surface area contributed by atoms with E-state index < -0.39 is 0 Å². The maximum atomic E-state index is 11.5. The molecule has 2 aromatic heterocycles. The fourth-order valence-corrected chi connectivity index (χ4v) is 1.93. The first-order valence-electron chi connectivity index (χ1n) is 5.48. The number of nitrogens with zero attached hydrogens (tertiary/aromatic N) is 1. The van der Waals surface area contributed by atoms with Gasteiger partial charge < -0.3 is 14.2 Å². The number of hydrogen-bond donors (Lipinski definition) is 1. The molecule has 1 aromatic carbocycles. The van der Waals surface area contributed by atoms with Gasteiger partial charge in [-0.1, -0.05) is 0 Å². The van der Waals surface area contributed by atoms with Crippen LogP contribution in [0.3, 0.4) is 0 Å². The predicted octanol–water partition coefficient (Wildman–Crippen LogP) is 1.79. The summed E-state index contributed by atoms with van der Waals surface area (Å²) in [5.74, 6) is 0. The van der Waals surface area contributed by atoms with Crippen LogP contribution in [0.1, 0.15) is 0 Å². The van der Waals surface area contributed by atoms with E-state index in [9.17, 15) is 9.59 Å². The summed E-state index contributed by atoms with van der Waals surface area (Å²) in [6, 6.07) is 7.50. The fourth-order valence-electron chi connectivity index (χ4n) is 1.93. The highest BCUT2D eigenvalue weighted by molar-refractivity contribution is 5.82. The number of H-pyrrole nitrogens is 1. The largest absolute Gasteiger partial charge is 0.464 e. The number of aromatic amines is 1. The number of rotatable bonds is 3. The van der Waals surface area contributed by atoms with E-state index in [2.05, 4.69) is 4.98 Å². The van der Waals surface area contributed by atoms with Gasteiger partial charge in [-0.2, -0.15) is 0 Å². The molecule has 0 bridgehead atoms. The predicted molar refractivity (Wildman–Crippen MR) is 66.3 cm³/mol. The van der Waals surface area contributed by atoms with E-state index in [0.29, 0.717) is 12.0 Å². The van der Waals surface area contributed by atoms with Gasteiger partial charge in [0.2, 0.25) is 0 Å². The summed E-state index contributed by atoms with van der Waals surface area (Å²) in [6.45, 7) is 0.0588. The lowest BCUT2D eigenvalue weighted by atomic mass is 10.1. The SMILES string of the molecule is O=CCn1cc(-c2ccc3occc3c2)[nH]c1=O. The van der Waals surface area contributed by atoms with Gasteiger partial charge in [0.15, 0.2) is 0 Å². The Hall–Kier alpha value is -2.56. The molecule has 0 saturated carbocycles. The maximum Gasteiger partial charge on any atom is 0.326 e. The van der Waals surface area contributed by atoms with Gasteiger partial charge in [0.1, 0.15) is 11.9 Å². The summed E-state index contributed by atoms with van der Waals surface area (Å²) < 4.78 is 6.59. The first-order valence-corrected chi connectivity index (χ1v) is 5.48. The van der Waals surface area contributed by atoms with Crippen LogP contribution in [-0.2, 0) is 11.3 Å². The number of carbonyl (C=O) groups excluding carboxylic acids is 1. The molecule has 0 aliphatic rings. The molecule has 2 heterocycles. The number of hydrogen-bond acceptors (Lipinski definition) is 3. The molecule has 0 atom stereocenters. The summed E-state index contributed by atoms with van der Waals surface area (Å²) >= 11 is 0. The zero-order valence-corrected chi connectivity index (χ0v) is 9.42. The van der Waals surface area contributed by atoms with Crippen LogP contribution in [0.4, 0.5) is 0 Å². The second-order valence-corrected chi connectivity index (χ2v) is 3.97. The molecule has 0 spiro atoms. The normalized spacial score (nSPS) is 10.9. The quantitative estimate of drug-likeness (QED) is 0.712. The van der Waals surface area contributed by atoms with Crippen LogP contribution in [0.5, 0.6) is 0 Å². The summed E-state index contributed by atoms with van der Waals surface area (Å²) in [7, 11) is 0. The molecule has 5 heteroatoms. The molecular formula is C13H10N2O3. The second kappa shape index (κ2) is 4.03. The molecule has 0 amide bonds. The third kappa shape index (κ3) is 1.66. The number of furan rings is 1. The van der Waals surface area contributed by atoms with E-state index in [0.717, 1.165) is 16.5 Å². The minimum absolute atomic E-state index is 0.0588. The number of carbonyl (C=O) groups is 1. The van der Waals surface area contributed by atoms with Crippen LogP contribution in [0.25, 0.3) is 22.2 Å². The Morgan fingerprint density at radius 1 is 1.33 bits per heavy atom. The lowest BCUT2D eigenvalue weighted by molar-refractivity contribution is -0.108. The second-order valence-electron chi connectivity index (χ2n) is 3.97. The van der Waals surface area contributed by atoms with Crippen molar-refractivity contribution in [3.63, 3.8) is 0 Å². The van der Waals surface area contributed by atoms with Gasteiger partial charge in [-0.25, -0.2) is 4.79 Å². The fraction of sp³-hybridized carbons (Fsp3) is 0.0769. The van der Waals surface area contributed by atoms with Gasteiger partial charge in [0.05, 0.1) is 18.5 Å². The molecule has 1 N–H and O–H groups in total. The van der Waals surface area contributed by atoms with Crippen LogP contribution in [0.15, 0.2) is 45.9 Å². The molecule has 5 nitrogen and oxygen atoms in total. The van der Waals surface area contributed by atoms with Crippen molar-refractivity contribution in [1.29, 1.82) is 0 Å². The van der Waals surface area contributed by atoms with Crippen LogP contribution < -0.4 is 5.69 Å². The van der Waals surface area contributed by atoms with Crippen LogP contribution in [-0.4, -0.2) is 15.8 Å². The molecule has 0 radical (unpaired) electrons. The van der Waals surface area contributed by atoms with E-state index in [-0.39, 0.29) is 12.2 Å². The smallest absolute Gasteiger partial charge is 0.326 e. The highest BCUT2D eigenvalue weighted by atomic mass is 16.3. The maximum absolute atomic E-state index is 11.5. The van der Waals surface area contributed by atoms with Gasteiger partial charge in [-0.15, -0.1) is 0 Å². The van der Waals surface area contributed by atoms with Gasteiger partial charge in [-0.3, -0.25) is 4.57 Å². The zero-order valence-electron chi connectivity index (χ0n) is 9.42. The highest BCUT2D eigenvalue weighted by Gasteiger charge is 2.06. The molecule has 0 aliphatic heterocycles. The lowest BCUT2D eigenvalue weighted by Crippen LogP contribution is -2.16. The third-order valence-corrected chi connectivity index (χ3v) is 2.82. The Labute approximate surface area is 102 Å². The number of imidazole rings is 1. The van der Waals surface area contributed by atoms with Gasteiger partial charge >= 0.3 is 5.69 Å². The van der Waals surface area contributed by atoms with E-state index in [1.165, 1.54) is 4.57 Å². The van der Waals surface area contributed by atoms with Crippen LogP contribution in [0, 0.1) is 0 Å². The molecule has 0 fully saturated rings. The van der Waals surface area contributed by atoms with Gasteiger partial charge in [0.25, 0.3) is 0 Å². The number of nitrogens with one attached hydrogen (secondary N) is 1. The van der Waals surface area contributed by atoms with Crippen molar-refractivity contribution in [2.24, 2.45) is 0 Å². The zero-order chi connectivity index (χ0) is 12.5. The van der Waals surface area contributed by atoms with E-state index in [1.54, 1.807) is 12.5 Å². The Morgan fingerprint density at radius 3 is 3.06 bits per heavy atom. The Kier molecular flexibility index (Phi) is 2.37. The van der Waals surface area contributed by atoms with Gasteiger partial charge in [-0.05, 0) is 24.3 Å². The lowest BCUT2D eigenvalue weighted by Gasteiger charge is -1.96. The molecular weight excluding hydrogens is 232 g/mol. The van der Waals surface area contributed by atoms with Gasteiger partial charge in [0, 0.05) is 17.1 Å². The van der Waals surface area contributed by atoms with Crippen LogP contribution >= 0.6 is 0 Å². The van der Waals surface area contributed by atoms with Crippen molar-refractivity contribution < 1.29 is 9.21 Å². The average molecular weight is 242 g/mol. The number of aldehydes is 1. The van der Waals surface area contributed by atoms with Crippen molar-refractivity contribution in [2.45, 2.75) is 6.54 Å². The first-order chi connectivity index (χ1) is 8.78. The first kappa shape index (κ1) is 10.6. The summed E-state index contributed by atoms with van der Waals surface area (Å²) in [5.41, 5.74) is 2.08. The minimum atomic E-state index is -0.288. The molecule has 0 unspecified atom stereocenters. The molecule has 3 aromatic rings. The summed E-state index contributed by atoms with van der Waals surface area (Å²) in [5, 5.41) is 0.969. The average Bonchev–Trinajstić information content (AvgIpc) is 2.96. The monoisotopic (exact) mass is 242 g/mol. The Bertz CT molecular complexity index is 764. The highest BCUT2D eigenvalue weighted by Crippen LogP contribution is 2.23. The third-order valence-electron chi connectivity index (χ3n) is 2.82. The molecule has 90 valence electrons. The van der Waals surface area contributed by atoms with Crippen molar-refractivity contribution in [1.82, 2.24) is 9.55 Å². The molecule has 3 rings (SSSR count). The number of fused-ring (bicyclic) bond motifs is 1. The minimum Gasteiger partial charge on any atom is -0.464 e. The topological polar surface area (TPSA) is 68.0 Å². The van der Waals surface area contributed by atoms with Crippen molar-refractivity contribution in [2.75, 3.05) is 0 Å². The summed E-state index contributed by atoms with van der Waals surface area (Å²) in [4.78, 5) is 24.7. The number of benzene rings is 1. The Morgan fingerprint density at radius 2 is 2.22 bits per heavy atom. The van der Waals surface area contributed by atoms with Crippen LogP contribution in [0.2, 0.25) is 0 Å². The van der Waals surface area contributed by atoms with Crippen molar-refractivity contribution in [3.05, 3.63) is 47.2 Å². The van der Waals surface area contributed by atoms with Crippen molar-refractivity contribution in [3.8, 4) is 11.3 Å². The van der Waals surface area contributed by atoms with E-state index >= 15 is 0 Å². The molecule has 18 heavy (non-hydrogen) atoms. The number of aromatic nitrogens is 2. The van der Waals surface area contributed by atoms with E-state index in [1.807, 2.05) is 24.3 Å². The molecule has 0 saturated heterocycles. The Balaban J connectivity index is 2.10. The molecule has 0 aliphatic carbocycles. The summed E-state index contributed by atoms with van der Waals surface area (Å²) in [6.07, 6.45) is 3.95. The standard InChI is InChI=1S/C13H10N2O3/c16-5-4-15-8-11(14-13(15)17)9-1-2-12-10(7-9)3-6-18-12/h1-3,5-8H,4H2,(H,14,17).